The minimum Gasteiger partial charge on any atom is -0.384 e. The molecule has 0 aromatic heterocycles. The highest BCUT2D eigenvalue weighted by molar-refractivity contribution is 5.94. The summed E-state index contributed by atoms with van der Waals surface area (Å²) < 4.78 is 0. The zero-order chi connectivity index (χ0) is 14.3. The number of anilines is 1. The number of carbonyl (C=O) groups excluding carboxylic acids is 2. The molecule has 3 N–H and O–H groups in total. The molecule has 100 valence electrons. The van der Waals surface area contributed by atoms with E-state index in [-0.39, 0.29) is 25.0 Å². The van der Waals surface area contributed by atoms with E-state index < -0.39 is 0 Å². The van der Waals surface area contributed by atoms with Gasteiger partial charge in [0.1, 0.15) is 6.61 Å². The number of aliphatic hydroxyl groups is 1. The van der Waals surface area contributed by atoms with Crippen molar-refractivity contribution in [1.29, 1.82) is 0 Å². The van der Waals surface area contributed by atoms with Gasteiger partial charge in [-0.3, -0.25) is 9.59 Å². The van der Waals surface area contributed by atoms with Crippen molar-refractivity contribution >= 4 is 17.5 Å². The van der Waals surface area contributed by atoms with Crippen LogP contribution in [0.3, 0.4) is 0 Å². The Labute approximate surface area is 112 Å². The lowest BCUT2D eigenvalue weighted by Gasteiger charge is -2.07. The number of hydrogen-bond donors (Lipinski definition) is 3. The van der Waals surface area contributed by atoms with Crippen LogP contribution < -0.4 is 10.6 Å². The van der Waals surface area contributed by atoms with Crippen LogP contribution >= 0.6 is 0 Å². The van der Waals surface area contributed by atoms with Crippen LogP contribution in [0.5, 0.6) is 0 Å². The second-order valence-electron chi connectivity index (χ2n) is 4.01. The summed E-state index contributed by atoms with van der Waals surface area (Å²) in [6, 6.07) is 5.36. The van der Waals surface area contributed by atoms with Crippen LogP contribution in [0.1, 0.15) is 18.1 Å². The molecule has 0 saturated carbocycles. The first-order valence-electron chi connectivity index (χ1n) is 5.77. The molecule has 2 amide bonds. The molecule has 1 aromatic carbocycles. The van der Waals surface area contributed by atoms with Crippen molar-refractivity contribution < 1.29 is 14.7 Å². The van der Waals surface area contributed by atoms with Gasteiger partial charge in [0.25, 0.3) is 0 Å². The van der Waals surface area contributed by atoms with E-state index in [0.717, 1.165) is 5.56 Å². The fourth-order valence-corrected chi connectivity index (χ4v) is 1.48. The number of amides is 2. The number of aliphatic hydroxyl groups excluding tert-OH is 1. The van der Waals surface area contributed by atoms with E-state index in [1.807, 2.05) is 13.0 Å². The number of rotatable bonds is 3. The van der Waals surface area contributed by atoms with Crippen molar-refractivity contribution in [3.05, 3.63) is 29.3 Å². The largest absolute Gasteiger partial charge is 0.384 e. The minimum absolute atomic E-state index is 0.0685. The Morgan fingerprint density at radius 1 is 1.32 bits per heavy atom. The SMILES string of the molecule is CC(=O)NCC(=O)Nc1cc(C)cc(C#CCO)c1. The van der Waals surface area contributed by atoms with Crippen LogP contribution in [0.25, 0.3) is 0 Å². The molecular weight excluding hydrogens is 244 g/mol. The maximum absolute atomic E-state index is 11.6. The first-order chi connectivity index (χ1) is 9.01. The molecule has 0 aliphatic carbocycles. The molecule has 1 rings (SSSR count). The van der Waals surface area contributed by atoms with Gasteiger partial charge in [-0.2, -0.15) is 0 Å². The third-order valence-corrected chi connectivity index (χ3v) is 2.17. The van der Waals surface area contributed by atoms with Gasteiger partial charge in [-0.25, -0.2) is 0 Å². The summed E-state index contributed by atoms with van der Waals surface area (Å²) in [6.07, 6.45) is 0. The Bertz CT molecular complexity index is 541. The molecule has 0 saturated heterocycles. The van der Waals surface area contributed by atoms with Crippen molar-refractivity contribution in [2.45, 2.75) is 13.8 Å². The van der Waals surface area contributed by atoms with Crippen molar-refractivity contribution in [2.75, 3.05) is 18.5 Å². The molecule has 0 bridgehead atoms. The molecule has 5 heteroatoms. The van der Waals surface area contributed by atoms with Gasteiger partial charge in [-0.05, 0) is 30.7 Å². The lowest BCUT2D eigenvalue weighted by atomic mass is 10.1. The van der Waals surface area contributed by atoms with Crippen LogP contribution in [0.4, 0.5) is 5.69 Å². The molecule has 0 heterocycles. The molecule has 5 nitrogen and oxygen atoms in total. The summed E-state index contributed by atoms with van der Waals surface area (Å²) in [6.45, 7) is 2.95. The molecular formula is C14H16N2O3. The van der Waals surface area contributed by atoms with Crippen LogP contribution in [0, 0.1) is 18.8 Å². The molecule has 19 heavy (non-hydrogen) atoms. The standard InChI is InChI=1S/C14H16N2O3/c1-10-6-12(4-3-5-17)8-13(7-10)16-14(19)9-15-11(2)18/h6-8,17H,5,9H2,1-2H3,(H,15,18)(H,16,19). The second kappa shape index (κ2) is 7.19. The lowest BCUT2D eigenvalue weighted by molar-refractivity contribution is -0.122. The molecule has 0 unspecified atom stereocenters. The van der Waals surface area contributed by atoms with Gasteiger partial charge in [-0.1, -0.05) is 11.8 Å². The molecule has 0 fully saturated rings. The normalized spacial score (nSPS) is 9.21. The zero-order valence-corrected chi connectivity index (χ0v) is 10.9. The van der Waals surface area contributed by atoms with Crippen LogP contribution in [0.2, 0.25) is 0 Å². The molecule has 0 spiro atoms. The van der Waals surface area contributed by atoms with E-state index in [1.54, 1.807) is 12.1 Å². The van der Waals surface area contributed by atoms with Gasteiger partial charge in [0.2, 0.25) is 11.8 Å². The van der Waals surface area contributed by atoms with Crippen LogP contribution in [0.15, 0.2) is 18.2 Å². The summed E-state index contributed by atoms with van der Waals surface area (Å²) in [7, 11) is 0. The topological polar surface area (TPSA) is 78.4 Å². The number of hydrogen-bond acceptors (Lipinski definition) is 3. The second-order valence-corrected chi connectivity index (χ2v) is 4.01. The molecule has 0 atom stereocenters. The Morgan fingerprint density at radius 2 is 2.05 bits per heavy atom. The monoisotopic (exact) mass is 260 g/mol. The Morgan fingerprint density at radius 3 is 2.68 bits per heavy atom. The third-order valence-electron chi connectivity index (χ3n) is 2.17. The fourth-order valence-electron chi connectivity index (χ4n) is 1.48. The number of aryl methyl sites for hydroxylation is 1. The lowest BCUT2D eigenvalue weighted by Crippen LogP contribution is -2.31. The average Bonchev–Trinajstić information content (AvgIpc) is 2.33. The van der Waals surface area contributed by atoms with Crippen molar-refractivity contribution in [3.8, 4) is 11.8 Å². The number of carbonyl (C=O) groups is 2. The van der Waals surface area contributed by atoms with E-state index in [9.17, 15) is 9.59 Å². The Kier molecular flexibility index (Phi) is 5.58. The fraction of sp³-hybridized carbons (Fsp3) is 0.286. The quantitative estimate of drug-likeness (QED) is 0.689. The summed E-state index contributed by atoms with van der Waals surface area (Å²) in [4.78, 5) is 22.2. The van der Waals surface area contributed by atoms with E-state index in [4.69, 9.17) is 5.11 Å². The molecule has 0 aliphatic rings. The smallest absolute Gasteiger partial charge is 0.243 e. The minimum atomic E-state index is -0.304. The van der Waals surface area contributed by atoms with Gasteiger partial charge >= 0.3 is 0 Å². The predicted octanol–water partition coefficient (Wildman–Crippen LogP) is 0.413. The number of nitrogens with one attached hydrogen (secondary N) is 2. The van der Waals surface area contributed by atoms with E-state index >= 15 is 0 Å². The first kappa shape index (κ1) is 14.7. The van der Waals surface area contributed by atoms with E-state index in [1.165, 1.54) is 6.92 Å². The Hall–Kier alpha value is -2.32. The van der Waals surface area contributed by atoms with Crippen LogP contribution in [-0.4, -0.2) is 30.1 Å². The van der Waals surface area contributed by atoms with Crippen molar-refractivity contribution in [1.82, 2.24) is 5.32 Å². The molecule has 0 aliphatic heterocycles. The summed E-state index contributed by atoms with van der Waals surface area (Å²) >= 11 is 0. The van der Waals surface area contributed by atoms with Crippen molar-refractivity contribution in [2.24, 2.45) is 0 Å². The van der Waals surface area contributed by atoms with Crippen LogP contribution in [-0.2, 0) is 9.59 Å². The third kappa shape index (κ3) is 5.70. The maximum Gasteiger partial charge on any atom is 0.243 e. The zero-order valence-electron chi connectivity index (χ0n) is 10.9. The van der Waals surface area contributed by atoms with Gasteiger partial charge in [0.15, 0.2) is 0 Å². The highest BCUT2D eigenvalue weighted by atomic mass is 16.2. The summed E-state index contributed by atoms with van der Waals surface area (Å²) in [5.74, 6) is 4.77. The molecule has 0 radical (unpaired) electrons. The Balaban J connectivity index is 2.75. The molecule has 1 aromatic rings. The maximum atomic E-state index is 11.6. The van der Waals surface area contributed by atoms with Crippen molar-refractivity contribution in [3.63, 3.8) is 0 Å². The summed E-state index contributed by atoms with van der Waals surface area (Å²) in [5.41, 5.74) is 2.26. The van der Waals surface area contributed by atoms with E-state index in [0.29, 0.717) is 11.3 Å². The van der Waals surface area contributed by atoms with Gasteiger partial charge in [0.05, 0.1) is 6.54 Å². The van der Waals surface area contributed by atoms with Gasteiger partial charge in [0, 0.05) is 18.2 Å². The highest BCUT2D eigenvalue weighted by Crippen LogP contribution is 2.13. The summed E-state index contributed by atoms with van der Waals surface area (Å²) in [5, 5.41) is 13.7. The van der Waals surface area contributed by atoms with Gasteiger partial charge < -0.3 is 15.7 Å². The van der Waals surface area contributed by atoms with Gasteiger partial charge in [-0.15, -0.1) is 0 Å². The predicted molar refractivity (Wildman–Crippen MR) is 72.5 cm³/mol. The average molecular weight is 260 g/mol. The first-order valence-corrected chi connectivity index (χ1v) is 5.77. The number of benzene rings is 1. The van der Waals surface area contributed by atoms with E-state index in [2.05, 4.69) is 22.5 Å². The highest BCUT2D eigenvalue weighted by Gasteiger charge is 2.04.